The van der Waals surface area contributed by atoms with Crippen LogP contribution in [-0.4, -0.2) is 17.0 Å². The van der Waals surface area contributed by atoms with Crippen LogP contribution in [0.3, 0.4) is 0 Å². The van der Waals surface area contributed by atoms with E-state index in [1.165, 1.54) is 0 Å². The number of nitrogens with zero attached hydrogens (tertiary/aromatic N) is 2. The molecule has 2 aromatic heterocycles. The number of halogens is 2. The van der Waals surface area contributed by atoms with E-state index in [0.29, 0.717) is 18.2 Å². The molecule has 0 aromatic carbocycles. The number of hydrogen-bond donors (Lipinski definition) is 1. The lowest BCUT2D eigenvalue weighted by molar-refractivity contribution is 0.451. The predicted molar refractivity (Wildman–Crippen MR) is 76.7 cm³/mol. The van der Waals surface area contributed by atoms with Gasteiger partial charge in [0.15, 0.2) is 0 Å². The molecule has 2 heterocycles. The van der Waals surface area contributed by atoms with E-state index in [1.54, 1.807) is 18.6 Å². The standard InChI is InChI=1S/C12H11Br2N3O/c1-15-4-8-2-9(13)6-17-12(8)18-11-3-10(14)5-16-7-11/h2-3,5-7,15H,4H2,1H3. The molecule has 0 aliphatic rings. The van der Waals surface area contributed by atoms with E-state index in [0.717, 1.165) is 14.5 Å². The zero-order valence-electron chi connectivity index (χ0n) is 9.65. The van der Waals surface area contributed by atoms with E-state index in [1.807, 2.05) is 19.2 Å². The maximum Gasteiger partial charge on any atom is 0.223 e. The minimum Gasteiger partial charge on any atom is -0.437 e. The average molecular weight is 373 g/mol. The summed E-state index contributed by atoms with van der Waals surface area (Å²) in [6, 6.07) is 3.82. The molecule has 0 aliphatic heterocycles. The Kier molecular flexibility index (Phi) is 4.68. The molecule has 0 aliphatic carbocycles. The molecular formula is C12H11Br2N3O. The summed E-state index contributed by atoms with van der Waals surface area (Å²) in [7, 11) is 1.88. The van der Waals surface area contributed by atoms with Crippen LogP contribution in [0.25, 0.3) is 0 Å². The highest BCUT2D eigenvalue weighted by Gasteiger charge is 2.07. The van der Waals surface area contributed by atoms with Gasteiger partial charge in [-0.2, -0.15) is 0 Å². The molecule has 0 saturated heterocycles. The van der Waals surface area contributed by atoms with Gasteiger partial charge in [-0.3, -0.25) is 4.98 Å². The zero-order valence-corrected chi connectivity index (χ0v) is 12.8. The predicted octanol–water partition coefficient (Wildman–Crippen LogP) is 3.51. The molecule has 0 spiro atoms. The van der Waals surface area contributed by atoms with Crippen molar-refractivity contribution in [3.8, 4) is 11.6 Å². The summed E-state index contributed by atoms with van der Waals surface area (Å²) in [5.74, 6) is 1.23. The van der Waals surface area contributed by atoms with Crippen LogP contribution in [0, 0.1) is 0 Å². The molecule has 2 rings (SSSR count). The second kappa shape index (κ2) is 6.26. The quantitative estimate of drug-likeness (QED) is 0.891. The van der Waals surface area contributed by atoms with Crippen LogP contribution in [0.4, 0.5) is 0 Å². The van der Waals surface area contributed by atoms with Crippen molar-refractivity contribution in [1.82, 2.24) is 15.3 Å². The maximum atomic E-state index is 5.73. The normalized spacial score (nSPS) is 10.4. The largest absolute Gasteiger partial charge is 0.437 e. The second-order valence-electron chi connectivity index (χ2n) is 3.59. The Hall–Kier alpha value is -0.980. The van der Waals surface area contributed by atoms with Crippen LogP contribution < -0.4 is 10.1 Å². The molecule has 0 bridgehead atoms. The van der Waals surface area contributed by atoms with Gasteiger partial charge in [0.2, 0.25) is 5.88 Å². The second-order valence-corrected chi connectivity index (χ2v) is 5.42. The summed E-state index contributed by atoms with van der Waals surface area (Å²) < 4.78 is 7.52. The summed E-state index contributed by atoms with van der Waals surface area (Å²) >= 11 is 6.75. The van der Waals surface area contributed by atoms with E-state index < -0.39 is 0 Å². The highest BCUT2D eigenvalue weighted by atomic mass is 79.9. The number of rotatable bonds is 4. The fourth-order valence-corrected chi connectivity index (χ4v) is 2.16. The molecule has 0 fully saturated rings. The summed E-state index contributed by atoms with van der Waals surface area (Å²) in [4.78, 5) is 8.32. The van der Waals surface area contributed by atoms with Crippen LogP contribution >= 0.6 is 31.9 Å². The zero-order chi connectivity index (χ0) is 13.0. The van der Waals surface area contributed by atoms with Crippen molar-refractivity contribution in [2.24, 2.45) is 0 Å². The Morgan fingerprint density at radius 3 is 2.67 bits per heavy atom. The third kappa shape index (κ3) is 3.51. The van der Waals surface area contributed by atoms with E-state index in [2.05, 4.69) is 47.1 Å². The third-order valence-electron chi connectivity index (χ3n) is 2.15. The molecule has 0 amide bonds. The monoisotopic (exact) mass is 371 g/mol. The maximum absolute atomic E-state index is 5.73. The van der Waals surface area contributed by atoms with Crippen molar-refractivity contribution in [1.29, 1.82) is 0 Å². The molecule has 4 nitrogen and oxygen atoms in total. The number of pyridine rings is 2. The summed E-state index contributed by atoms with van der Waals surface area (Å²) in [6.07, 6.45) is 5.06. The van der Waals surface area contributed by atoms with Gasteiger partial charge in [0, 0.05) is 33.4 Å². The molecule has 6 heteroatoms. The first kappa shape index (κ1) is 13.5. The molecule has 0 atom stereocenters. The van der Waals surface area contributed by atoms with Crippen molar-refractivity contribution in [2.75, 3.05) is 7.05 Å². The fourth-order valence-electron chi connectivity index (χ4n) is 1.44. The molecule has 2 aromatic rings. The minimum absolute atomic E-state index is 0.576. The minimum atomic E-state index is 0.576. The SMILES string of the molecule is CNCc1cc(Br)cnc1Oc1cncc(Br)c1. The highest BCUT2D eigenvalue weighted by Crippen LogP contribution is 2.26. The van der Waals surface area contributed by atoms with Crippen LogP contribution in [0.15, 0.2) is 39.7 Å². The van der Waals surface area contributed by atoms with Gasteiger partial charge in [0.1, 0.15) is 5.75 Å². The van der Waals surface area contributed by atoms with Crippen molar-refractivity contribution < 1.29 is 4.74 Å². The Morgan fingerprint density at radius 2 is 1.94 bits per heavy atom. The van der Waals surface area contributed by atoms with Gasteiger partial charge in [-0.15, -0.1) is 0 Å². The first-order valence-corrected chi connectivity index (χ1v) is 6.85. The first-order chi connectivity index (χ1) is 8.69. The molecule has 0 saturated carbocycles. The Labute approximate surface area is 122 Å². The van der Waals surface area contributed by atoms with E-state index >= 15 is 0 Å². The van der Waals surface area contributed by atoms with E-state index in [9.17, 15) is 0 Å². The van der Waals surface area contributed by atoms with Crippen molar-refractivity contribution in [3.05, 3.63) is 45.2 Å². The van der Waals surface area contributed by atoms with E-state index in [-0.39, 0.29) is 0 Å². The smallest absolute Gasteiger partial charge is 0.223 e. The number of nitrogens with one attached hydrogen (secondary N) is 1. The van der Waals surface area contributed by atoms with E-state index in [4.69, 9.17) is 4.74 Å². The first-order valence-electron chi connectivity index (χ1n) is 5.26. The lowest BCUT2D eigenvalue weighted by atomic mass is 10.2. The topological polar surface area (TPSA) is 47.0 Å². The van der Waals surface area contributed by atoms with Gasteiger partial charge in [0.25, 0.3) is 0 Å². The van der Waals surface area contributed by atoms with Crippen LogP contribution in [0.5, 0.6) is 11.6 Å². The Morgan fingerprint density at radius 1 is 1.17 bits per heavy atom. The lowest BCUT2D eigenvalue weighted by Crippen LogP contribution is -2.07. The van der Waals surface area contributed by atoms with Crippen molar-refractivity contribution in [3.63, 3.8) is 0 Å². The number of ether oxygens (including phenoxy) is 1. The average Bonchev–Trinajstić information content (AvgIpc) is 2.33. The lowest BCUT2D eigenvalue weighted by Gasteiger charge is -2.10. The van der Waals surface area contributed by atoms with Gasteiger partial charge >= 0.3 is 0 Å². The van der Waals surface area contributed by atoms with Crippen molar-refractivity contribution >= 4 is 31.9 Å². The van der Waals surface area contributed by atoms with Crippen LogP contribution in [0.1, 0.15) is 5.56 Å². The number of aromatic nitrogens is 2. The van der Waals surface area contributed by atoms with Gasteiger partial charge in [-0.05, 0) is 51.0 Å². The van der Waals surface area contributed by atoms with Gasteiger partial charge in [-0.25, -0.2) is 4.98 Å². The highest BCUT2D eigenvalue weighted by molar-refractivity contribution is 9.10. The molecular weight excluding hydrogens is 362 g/mol. The molecule has 0 unspecified atom stereocenters. The molecule has 18 heavy (non-hydrogen) atoms. The van der Waals surface area contributed by atoms with Gasteiger partial charge in [-0.1, -0.05) is 0 Å². The molecule has 94 valence electrons. The molecule has 1 N–H and O–H groups in total. The summed E-state index contributed by atoms with van der Waals surface area (Å²) in [6.45, 7) is 0.684. The molecule has 0 radical (unpaired) electrons. The Bertz CT molecular complexity index is 549. The van der Waals surface area contributed by atoms with Crippen molar-refractivity contribution in [2.45, 2.75) is 6.54 Å². The van der Waals surface area contributed by atoms with Gasteiger partial charge in [0.05, 0.1) is 6.20 Å². The van der Waals surface area contributed by atoms with Gasteiger partial charge < -0.3 is 10.1 Å². The third-order valence-corrected chi connectivity index (χ3v) is 3.02. The van der Waals surface area contributed by atoms with Crippen LogP contribution in [-0.2, 0) is 6.54 Å². The summed E-state index contributed by atoms with van der Waals surface area (Å²) in [5, 5.41) is 3.08. The summed E-state index contributed by atoms with van der Waals surface area (Å²) in [5.41, 5.74) is 0.979. The Balaban J connectivity index is 2.28. The fraction of sp³-hybridized carbons (Fsp3) is 0.167. The number of hydrogen-bond acceptors (Lipinski definition) is 4. The van der Waals surface area contributed by atoms with Crippen LogP contribution in [0.2, 0.25) is 0 Å².